The van der Waals surface area contributed by atoms with E-state index in [1.165, 1.54) is 0 Å². The van der Waals surface area contributed by atoms with Crippen LogP contribution in [0.15, 0.2) is 29.6 Å². The Morgan fingerprint density at radius 3 is 2.85 bits per heavy atom. The fraction of sp³-hybridized carbons (Fsp3) is 0.143. The zero-order valence-electron chi connectivity index (χ0n) is 10.3. The largest absolute Gasteiger partial charge is 0.488 e. The third kappa shape index (κ3) is 2.39. The Bertz CT molecular complexity index is 703. The number of hydrogen-bond donors (Lipinski definition) is 0. The topological polar surface area (TPSA) is 53.3 Å². The molecule has 4 nitrogen and oxygen atoms in total. The second-order valence-corrected chi connectivity index (χ2v) is 6.43. The van der Waals surface area contributed by atoms with Gasteiger partial charge >= 0.3 is 0 Å². The molecule has 0 fully saturated rings. The number of hydrogen-bond acceptors (Lipinski definition) is 4. The monoisotopic (exact) mass is 396 g/mol. The van der Waals surface area contributed by atoms with Crippen LogP contribution in [-0.4, -0.2) is 9.02 Å². The molecule has 1 aromatic heterocycles. The van der Waals surface area contributed by atoms with E-state index in [2.05, 4.69) is 6.07 Å². The zero-order valence-corrected chi connectivity index (χ0v) is 13.3. The van der Waals surface area contributed by atoms with Crippen molar-refractivity contribution >= 4 is 40.1 Å². The van der Waals surface area contributed by atoms with Gasteiger partial charge in [0, 0.05) is 15.8 Å². The van der Waals surface area contributed by atoms with Crippen LogP contribution in [-0.2, 0) is 13.2 Å². The highest BCUT2D eigenvalue weighted by molar-refractivity contribution is 14.1. The normalized spacial score (nSPS) is 13.2. The van der Waals surface area contributed by atoms with Gasteiger partial charge in [0.25, 0.3) is 5.91 Å². The van der Waals surface area contributed by atoms with Gasteiger partial charge in [0.15, 0.2) is 0 Å². The summed E-state index contributed by atoms with van der Waals surface area (Å²) in [7, 11) is 0. The lowest BCUT2D eigenvalue weighted by molar-refractivity contribution is 0.0905. The first-order chi connectivity index (χ1) is 9.69. The summed E-state index contributed by atoms with van der Waals surface area (Å²) in [5, 5.41) is 10.6. The molecule has 1 aliphatic rings. The number of carbonyl (C=O) groups excluding carboxylic acids is 1. The lowest BCUT2D eigenvalue weighted by Gasteiger charge is -2.07. The number of nitrogens with zero attached hydrogens (tertiary/aromatic N) is 2. The number of benzene rings is 1. The Kier molecular flexibility index (Phi) is 3.63. The van der Waals surface area contributed by atoms with E-state index >= 15 is 0 Å². The average molecular weight is 396 g/mol. The van der Waals surface area contributed by atoms with Gasteiger partial charge in [-0.1, -0.05) is 0 Å². The fourth-order valence-corrected chi connectivity index (χ4v) is 3.56. The van der Waals surface area contributed by atoms with Crippen molar-refractivity contribution in [2.45, 2.75) is 13.2 Å². The highest BCUT2D eigenvalue weighted by Crippen LogP contribution is 2.33. The maximum Gasteiger partial charge on any atom is 0.264 e. The maximum absolute atomic E-state index is 11.8. The van der Waals surface area contributed by atoms with Crippen LogP contribution in [0.2, 0.25) is 0 Å². The van der Waals surface area contributed by atoms with Crippen LogP contribution in [0.4, 0.5) is 0 Å². The van der Waals surface area contributed by atoms with E-state index in [4.69, 9.17) is 10.00 Å². The summed E-state index contributed by atoms with van der Waals surface area (Å²) in [6, 6.07) is 9.08. The molecule has 0 N–H and O–H groups in total. The van der Waals surface area contributed by atoms with Crippen LogP contribution in [0.25, 0.3) is 0 Å². The van der Waals surface area contributed by atoms with E-state index in [0.29, 0.717) is 18.7 Å². The van der Waals surface area contributed by atoms with Gasteiger partial charge in [-0.2, -0.15) is 5.26 Å². The molecule has 0 aliphatic carbocycles. The molecule has 0 spiro atoms. The molecule has 2 heterocycles. The number of halogens is 1. The Morgan fingerprint density at radius 2 is 2.15 bits per heavy atom. The van der Waals surface area contributed by atoms with Crippen molar-refractivity contribution < 1.29 is 9.53 Å². The summed E-state index contributed by atoms with van der Waals surface area (Å²) in [6.07, 6.45) is 0. The molecule has 1 aliphatic heterocycles. The second-order valence-electron chi connectivity index (χ2n) is 4.30. The number of thiophene rings is 1. The van der Waals surface area contributed by atoms with Gasteiger partial charge in [0.1, 0.15) is 12.4 Å². The molecule has 0 bridgehead atoms. The molecule has 6 heteroatoms. The van der Waals surface area contributed by atoms with Crippen LogP contribution in [0.3, 0.4) is 0 Å². The molecule has 0 atom stereocenters. The minimum Gasteiger partial charge on any atom is -0.488 e. The standard InChI is InChI=1S/C14H9IN2O2S/c15-17-6-11-12(14(17)18)8-20-13(11)7-19-10-3-1-9(5-16)2-4-10/h1-4,8H,6-7H2. The van der Waals surface area contributed by atoms with Crippen molar-refractivity contribution in [3.63, 3.8) is 0 Å². The average Bonchev–Trinajstić information content (AvgIpc) is 2.99. The number of nitriles is 1. The number of carbonyl (C=O) groups is 1. The SMILES string of the molecule is N#Cc1ccc(OCc2scc3c2CN(I)C3=O)cc1. The van der Waals surface area contributed by atoms with E-state index in [1.54, 1.807) is 38.7 Å². The Balaban J connectivity index is 1.72. The molecule has 0 unspecified atom stereocenters. The van der Waals surface area contributed by atoms with Gasteiger partial charge in [0.2, 0.25) is 0 Å². The number of ether oxygens (including phenoxy) is 1. The molecule has 2 aromatic rings. The highest BCUT2D eigenvalue weighted by Gasteiger charge is 2.29. The predicted octanol–water partition coefficient (Wildman–Crippen LogP) is 3.50. The summed E-state index contributed by atoms with van der Waals surface area (Å²) in [4.78, 5) is 12.9. The van der Waals surface area contributed by atoms with E-state index < -0.39 is 0 Å². The lowest BCUT2D eigenvalue weighted by Crippen LogP contribution is -2.10. The smallest absolute Gasteiger partial charge is 0.264 e. The summed E-state index contributed by atoms with van der Waals surface area (Å²) in [5.74, 6) is 0.795. The van der Waals surface area contributed by atoms with E-state index in [-0.39, 0.29) is 5.91 Å². The summed E-state index contributed by atoms with van der Waals surface area (Å²) >= 11 is 3.59. The maximum atomic E-state index is 11.8. The molecule has 100 valence electrons. The quantitative estimate of drug-likeness (QED) is 0.590. The Hall–Kier alpha value is -1.59. The second kappa shape index (κ2) is 5.42. The molecule has 1 aromatic carbocycles. The lowest BCUT2D eigenvalue weighted by atomic mass is 10.2. The van der Waals surface area contributed by atoms with Crippen LogP contribution in [0.1, 0.15) is 26.4 Å². The first-order valence-electron chi connectivity index (χ1n) is 5.89. The van der Waals surface area contributed by atoms with Gasteiger partial charge in [0.05, 0.1) is 46.6 Å². The third-order valence-corrected chi connectivity index (χ3v) is 4.86. The van der Waals surface area contributed by atoms with Crippen molar-refractivity contribution in [3.8, 4) is 11.8 Å². The molecule has 0 radical (unpaired) electrons. The highest BCUT2D eigenvalue weighted by atomic mass is 127. The fourth-order valence-electron chi connectivity index (χ4n) is 2.01. The van der Waals surface area contributed by atoms with Crippen LogP contribution in [0, 0.1) is 11.3 Å². The number of rotatable bonds is 3. The molecule has 0 saturated heterocycles. The Morgan fingerprint density at radius 1 is 1.40 bits per heavy atom. The number of amides is 1. The van der Waals surface area contributed by atoms with Crippen molar-refractivity contribution in [3.05, 3.63) is 51.2 Å². The van der Waals surface area contributed by atoms with Gasteiger partial charge in [-0.3, -0.25) is 7.91 Å². The first kappa shape index (κ1) is 13.4. The molecule has 3 rings (SSSR count). The van der Waals surface area contributed by atoms with Gasteiger partial charge in [-0.05, 0) is 24.3 Å². The molecule has 1 amide bonds. The van der Waals surface area contributed by atoms with Crippen LogP contribution in [0.5, 0.6) is 5.75 Å². The number of fused-ring (bicyclic) bond motifs is 1. The van der Waals surface area contributed by atoms with Crippen molar-refractivity contribution in [2.75, 3.05) is 0 Å². The van der Waals surface area contributed by atoms with E-state index in [9.17, 15) is 4.79 Å². The summed E-state index contributed by atoms with van der Waals surface area (Å²) in [5.41, 5.74) is 2.48. The molecule has 0 saturated carbocycles. The summed E-state index contributed by atoms with van der Waals surface area (Å²) < 4.78 is 7.40. The van der Waals surface area contributed by atoms with Gasteiger partial charge < -0.3 is 4.74 Å². The molecular formula is C14H9IN2O2S. The molecular weight excluding hydrogens is 387 g/mol. The van der Waals surface area contributed by atoms with E-state index in [0.717, 1.165) is 21.8 Å². The minimum absolute atomic E-state index is 0.0708. The minimum atomic E-state index is 0.0708. The zero-order chi connectivity index (χ0) is 14.1. The Labute approximate surface area is 134 Å². The third-order valence-electron chi connectivity index (χ3n) is 3.08. The van der Waals surface area contributed by atoms with Crippen LogP contribution >= 0.6 is 34.2 Å². The van der Waals surface area contributed by atoms with Crippen molar-refractivity contribution in [1.82, 2.24) is 3.11 Å². The summed E-state index contributed by atoms with van der Waals surface area (Å²) in [6.45, 7) is 1.09. The van der Waals surface area contributed by atoms with Gasteiger partial charge in [-0.15, -0.1) is 11.3 Å². The van der Waals surface area contributed by atoms with E-state index in [1.807, 2.05) is 28.2 Å². The molecule has 20 heavy (non-hydrogen) atoms. The van der Waals surface area contributed by atoms with Gasteiger partial charge in [-0.25, -0.2) is 0 Å². The van der Waals surface area contributed by atoms with Crippen molar-refractivity contribution in [2.24, 2.45) is 0 Å². The van der Waals surface area contributed by atoms with Crippen LogP contribution < -0.4 is 4.74 Å². The predicted molar refractivity (Wildman–Crippen MR) is 83.7 cm³/mol. The van der Waals surface area contributed by atoms with Crippen molar-refractivity contribution in [1.29, 1.82) is 5.26 Å². The first-order valence-corrected chi connectivity index (χ1v) is 7.73.